The number of hydrogen-bond donors (Lipinski definition) is 0. The third-order valence-corrected chi connectivity index (χ3v) is 3.90. The number of carbonyl (C=O) groups excluding carboxylic acids is 1. The van der Waals surface area contributed by atoms with Crippen molar-refractivity contribution in [1.29, 1.82) is 0 Å². The van der Waals surface area contributed by atoms with Crippen LogP contribution >= 0.6 is 23.2 Å². The molecule has 0 atom stereocenters. The molecule has 3 nitrogen and oxygen atoms in total. The predicted octanol–water partition coefficient (Wildman–Crippen LogP) is 4.42. The molecule has 2 rings (SSSR count). The molecule has 0 heterocycles. The Morgan fingerprint density at radius 2 is 1.82 bits per heavy atom. The van der Waals surface area contributed by atoms with Gasteiger partial charge in [0.15, 0.2) is 0 Å². The van der Waals surface area contributed by atoms with Gasteiger partial charge in [-0.15, -0.1) is 0 Å². The third kappa shape index (κ3) is 4.93. The topological polar surface area (TPSA) is 29.5 Å². The van der Waals surface area contributed by atoms with Crippen molar-refractivity contribution in [3.8, 4) is 5.75 Å². The number of nitrogens with zero attached hydrogens (tertiary/aromatic N) is 1. The van der Waals surface area contributed by atoms with Crippen LogP contribution in [0.2, 0.25) is 10.0 Å². The highest BCUT2D eigenvalue weighted by atomic mass is 35.5. The van der Waals surface area contributed by atoms with E-state index in [1.807, 2.05) is 36.4 Å². The first-order valence-corrected chi connectivity index (χ1v) is 7.67. The minimum Gasteiger partial charge on any atom is -0.493 e. The molecule has 116 valence electrons. The first-order chi connectivity index (χ1) is 10.6. The van der Waals surface area contributed by atoms with Crippen LogP contribution < -0.4 is 4.74 Å². The van der Waals surface area contributed by atoms with Gasteiger partial charge in [-0.1, -0.05) is 47.5 Å². The molecule has 5 heteroatoms. The van der Waals surface area contributed by atoms with Gasteiger partial charge in [-0.05, 0) is 29.8 Å². The molecule has 0 aliphatic rings. The Hall–Kier alpha value is -1.71. The van der Waals surface area contributed by atoms with Gasteiger partial charge in [-0.2, -0.15) is 0 Å². The van der Waals surface area contributed by atoms with Gasteiger partial charge in [-0.25, -0.2) is 0 Å². The van der Waals surface area contributed by atoms with Gasteiger partial charge in [0.1, 0.15) is 5.75 Å². The van der Waals surface area contributed by atoms with Gasteiger partial charge in [0.25, 0.3) is 0 Å². The maximum Gasteiger partial charge on any atom is 0.226 e. The molecule has 22 heavy (non-hydrogen) atoms. The van der Waals surface area contributed by atoms with Gasteiger partial charge < -0.3 is 9.64 Å². The first kappa shape index (κ1) is 16.7. The molecule has 0 N–H and O–H groups in total. The van der Waals surface area contributed by atoms with Crippen molar-refractivity contribution in [3.63, 3.8) is 0 Å². The number of rotatable bonds is 6. The molecule has 1 amide bonds. The molecule has 0 aromatic heterocycles. The van der Waals surface area contributed by atoms with Crippen molar-refractivity contribution >= 4 is 29.1 Å². The summed E-state index contributed by atoms with van der Waals surface area (Å²) in [6, 6.07) is 14.8. The number of benzene rings is 2. The fourth-order valence-corrected chi connectivity index (χ4v) is 2.28. The number of carbonyl (C=O) groups is 1. The Bertz CT molecular complexity index is 632. The molecule has 2 aromatic rings. The summed E-state index contributed by atoms with van der Waals surface area (Å²) in [5.41, 5.74) is 0.939. The van der Waals surface area contributed by atoms with Crippen LogP contribution in [0.3, 0.4) is 0 Å². The van der Waals surface area contributed by atoms with Crippen molar-refractivity contribution < 1.29 is 9.53 Å². The summed E-state index contributed by atoms with van der Waals surface area (Å²) in [7, 11) is 1.76. The van der Waals surface area contributed by atoms with Crippen molar-refractivity contribution in [2.75, 3.05) is 13.7 Å². The van der Waals surface area contributed by atoms with Gasteiger partial charge in [0, 0.05) is 13.6 Å². The second-order valence-electron chi connectivity index (χ2n) is 4.91. The van der Waals surface area contributed by atoms with E-state index in [1.54, 1.807) is 24.1 Å². The van der Waals surface area contributed by atoms with Gasteiger partial charge in [-0.3, -0.25) is 4.79 Å². The quantitative estimate of drug-likeness (QED) is 0.780. The van der Waals surface area contributed by atoms with Crippen LogP contribution in [0.5, 0.6) is 5.75 Å². The van der Waals surface area contributed by atoms with Crippen molar-refractivity contribution in [2.45, 2.75) is 13.0 Å². The lowest BCUT2D eigenvalue weighted by atomic mass is 10.2. The summed E-state index contributed by atoms with van der Waals surface area (Å²) in [6.45, 7) is 0.843. The van der Waals surface area contributed by atoms with E-state index in [4.69, 9.17) is 27.9 Å². The molecule has 0 fully saturated rings. The Morgan fingerprint density at radius 3 is 2.50 bits per heavy atom. The summed E-state index contributed by atoms with van der Waals surface area (Å²) in [5.74, 6) is 0.782. The van der Waals surface area contributed by atoms with Gasteiger partial charge in [0.2, 0.25) is 5.91 Å². The van der Waals surface area contributed by atoms with Crippen molar-refractivity contribution in [3.05, 3.63) is 64.1 Å². The standard InChI is InChI=1S/C17H17Cl2NO2/c1-20(12-13-7-8-15(18)16(19)11-13)17(21)9-10-22-14-5-3-2-4-6-14/h2-8,11H,9-10,12H2,1H3. The number of ether oxygens (including phenoxy) is 1. The summed E-state index contributed by atoms with van der Waals surface area (Å²) in [5, 5.41) is 1.00. The molecule has 0 saturated heterocycles. The lowest BCUT2D eigenvalue weighted by molar-refractivity contribution is -0.130. The third-order valence-electron chi connectivity index (χ3n) is 3.16. The monoisotopic (exact) mass is 337 g/mol. The summed E-state index contributed by atoms with van der Waals surface area (Å²) < 4.78 is 5.53. The normalized spacial score (nSPS) is 10.3. The Labute approximate surface area is 140 Å². The van der Waals surface area contributed by atoms with E-state index < -0.39 is 0 Å². The fourth-order valence-electron chi connectivity index (χ4n) is 1.96. The average Bonchev–Trinajstić information content (AvgIpc) is 2.52. The second-order valence-corrected chi connectivity index (χ2v) is 5.72. The van der Waals surface area contributed by atoms with E-state index in [-0.39, 0.29) is 5.91 Å². The molecular formula is C17H17Cl2NO2. The first-order valence-electron chi connectivity index (χ1n) is 6.92. The van der Waals surface area contributed by atoms with E-state index in [0.717, 1.165) is 11.3 Å². The molecule has 2 aromatic carbocycles. The number of para-hydroxylation sites is 1. The Kier molecular flexibility index (Phi) is 6.10. The predicted molar refractivity (Wildman–Crippen MR) is 89.5 cm³/mol. The number of amides is 1. The lowest BCUT2D eigenvalue weighted by Crippen LogP contribution is -2.27. The van der Waals surface area contributed by atoms with Gasteiger partial charge >= 0.3 is 0 Å². The van der Waals surface area contributed by atoms with E-state index in [0.29, 0.717) is 29.6 Å². The molecule has 0 aliphatic heterocycles. The minimum atomic E-state index is 0.0157. The van der Waals surface area contributed by atoms with Crippen LogP contribution in [0.25, 0.3) is 0 Å². The zero-order chi connectivity index (χ0) is 15.9. The SMILES string of the molecule is CN(Cc1ccc(Cl)c(Cl)c1)C(=O)CCOc1ccccc1. The molecule has 0 spiro atoms. The summed E-state index contributed by atoms with van der Waals surface area (Å²) >= 11 is 11.9. The van der Waals surface area contributed by atoms with E-state index in [9.17, 15) is 4.79 Å². The number of hydrogen-bond acceptors (Lipinski definition) is 2. The summed E-state index contributed by atoms with van der Waals surface area (Å²) in [6.07, 6.45) is 0.326. The van der Waals surface area contributed by atoms with Crippen molar-refractivity contribution in [1.82, 2.24) is 4.90 Å². The molecule has 0 radical (unpaired) electrons. The number of halogens is 2. The van der Waals surface area contributed by atoms with Crippen molar-refractivity contribution in [2.24, 2.45) is 0 Å². The Morgan fingerprint density at radius 1 is 1.09 bits per heavy atom. The Balaban J connectivity index is 1.80. The van der Waals surface area contributed by atoms with E-state index in [2.05, 4.69) is 0 Å². The summed E-state index contributed by atoms with van der Waals surface area (Å²) in [4.78, 5) is 13.7. The highest BCUT2D eigenvalue weighted by Gasteiger charge is 2.10. The minimum absolute atomic E-state index is 0.0157. The van der Waals surface area contributed by atoms with Crippen LogP contribution in [-0.4, -0.2) is 24.5 Å². The molecular weight excluding hydrogens is 321 g/mol. The average molecular weight is 338 g/mol. The fraction of sp³-hybridized carbons (Fsp3) is 0.235. The zero-order valence-corrected chi connectivity index (χ0v) is 13.8. The highest BCUT2D eigenvalue weighted by Crippen LogP contribution is 2.23. The molecule has 0 saturated carbocycles. The molecule has 0 bridgehead atoms. The van der Waals surface area contributed by atoms with E-state index >= 15 is 0 Å². The largest absolute Gasteiger partial charge is 0.493 e. The highest BCUT2D eigenvalue weighted by molar-refractivity contribution is 6.42. The maximum atomic E-state index is 12.1. The second kappa shape index (κ2) is 8.06. The van der Waals surface area contributed by atoms with Crippen LogP contribution in [0.4, 0.5) is 0 Å². The zero-order valence-electron chi connectivity index (χ0n) is 12.3. The van der Waals surface area contributed by atoms with Crippen LogP contribution in [-0.2, 0) is 11.3 Å². The van der Waals surface area contributed by atoms with Crippen LogP contribution in [0, 0.1) is 0 Å². The van der Waals surface area contributed by atoms with Crippen LogP contribution in [0.1, 0.15) is 12.0 Å². The van der Waals surface area contributed by atoms with Crippen LogP contribution in [0.15, 0.2) is 48.5 Å². The maximum absolute atomic E-state index is 12.1. The molecule has 0 aliphatic carbocycles. The van der Waals surface area contributed by atoms with E-state index in [1.165, 1.54) is 0 Å². The smallest absolute Gasteiger partial charge is 0.226 e. The molecule has 0 unspecified atom stereocenters. The lowest BCUT2D eigenvalue weighted by Gasteiger charge is -2.17. The van der Waals surface area contributed by atoms with Gasteiger partial charge in [0.05, 0.1) is 23.1 Å².